The first-order valence-corrected chi connectivity index (χ1v) is 6.75. The fraction of sp³-hybridized carbons (Fsp3) is 0.692. The van der Waals surface area contributed by atoms with E-state index in [0.29, 0.717) is 5.41 Å². The summed E-state index contributed by atoms with van der Waals surface area (Å²) in [5.74, 6) is 1.62. The van der Waals surface area contributed by atoms with Gasteiger partial charge in [0.2, 0.25) is 0 Å². The van der Waals surface area contributed by atoms with Gasteiger partial charge in [0, 0.05) is 10.3 Å². The smallest absolute Gasteiger partial charge is 0.0108 e. The fourth-order valence-corrected chi connectivity index (χ4v) is 3.18. The van der Waals surface area contributed by atoms with E-state index >= 15 is 0 Å². The van der Waals surface area contributed by atoms with E-state index in [1.54, 1.807) is 4.88 Å². The van der Waals surface area contributed by atoms with E-state index in [1.165, 1.54) is 13.0 Å². The first-order valence-electron chi connectivity index (χ1n) is 5.87. The lowest BCUT2D eigenvalue weighted by atomic mass is 10.0. The van der Waals surface area contributed by atoms with Gasteiger partial charge < -0.3 is 5.32 Å². The van der Waals surface area contributed by atoms with Gasteiger partial charge in [-0.1, -0.05) is 26.8 Å². The molecule has 2 heteroatoms. The Hall–Kier alpha value is -0.340. The molecule has 84 valence electrons. The highest BCUT2D eigenvalue weighted by Gasteiger charge is 2.51. The maximum Gasteiger partial charge on any atom is 0.0108 e. The summed E-state index contributed by atoms with van der Waals surface area (Å²) in [5, 5.41) is 5.76. The Morgan fingerprint density at radius 2 is 2.40 bits per heavy atom. The molecule has 1 N–H and O–H groups in total. The number of hydrogen-bond donors (Lipinski definition) is 1. The predicted octanol–water partition coefficient (Wildman–Crippen LogP) is 3.27. The van der Waals surface area contributed by atoms with Gasteiger partial charge in [-0.15, -0.1) is 11.3 Å². The van der Waals surface area contributed by atoms with Crippen LogP contribution in [-0.2, 0) is 5.41 Å². The number of thiophene rings is 1. The minimum absolute atomic E-state index is 0.484. The molecule has 0 spiro atoms. The van der Waals surface area contributed by atoms with E-state index in [0.717, 1.165) is 18.4 Å². The van der Waals surface area contributed by atoms with Crippen LogP contribution in [-0.4, -0.2) is 13.1 Å². The van der Waals surface area contributed by atoms with E-state index in [4.69, 9.17) is 0 Å². The zero-order valence-electron chi connectivity index (χ0n) is 9.92. The summed E-state index contributed by atoms with van der Waals surface area (Å²) in [7, 11) is 0. The van der Waals surface area contributed by atoms with Crippen LogP contribution >= 0.6 is 11.3 Å². The molecule has 15 heavy (non-hydrogen) atoms. The van der Waals surface area contributed by atoms with Crippen molar-refractivity contribution in [1.29, 1.82) is 0 Å². The molecule has 1 aromatic rings. The topological polar surface area (TPSA) is 12.0 Å². The molecule has 0 unspecified atom stereocenters. The van der Waals surface area contributed by atoms with Gasteiger partial charge in [-0.2, -0.15) is 0 Å². The molecule has 1 aliphatic rings. The number of hydrogen-bond acceptors (Lipinski definition) is 2. The van der Waals surface area contributed by atoms with Crippen molar-refractivity contribution in [3.63, 3.8) is 0 Å². The van der Waals surface area contributed by atoms with Gasteiger partial charge in [-0.05, 0) is 42.8 Å². The molecular weight excluding hydrogens is 202 g/mol. The van der Waals surface area contributed by atoms with Gasteiger partial charge in [0.15, 0.2) is 0 Å². The van der Waals surface area contributed by atoms with E-state index < -0.39 is 0 Å². The molecule has 0 aromatic carbocycles. The van der Waals surface area contributed by atoms with Crippen LogP contribution in [0.25, 0.3) is 0 Å². The first kappa shape index (κ1) is 11.2. The molecule has 2 rings (SSSR count). The molecule has 0 aliphatic heterocycles. The third-order valence-electron chi connectivity index (χ3n) is 3.44. The summed E-state index contributed by atoms with van der Waals surface area (Å²) < 4.78 is 0. The summed E-state index contributed by atoms with van der Waals surface area (Å²) in [4.78, 5) is 1.57. The van der Waals surface area contributed by atoms with Crippen LogP contribution in [0, 0.1) is 11.8 Å². The average molecular weight is 223 g/mol. The van der Waals surface area contributed by atoms with Gasteiger partial charge in [0.1, 0.15) is 0 Å². The van der Waals surface area contributed by atoms with Gasteiger partial charge >= 0.3 is 0 Å². The minimum Gasteiger partial charge on any atom is -0.316 e. The Balaban J connectivity index is 1.80. The van der Waals surface area contributed by atoms with E-state index in [2.05, 4.69) is 43.6 Å². The number of nitrogens with one attached hydrogen (secondary N) is 1. The van der Waals surface area contributed by atoms with Crippen molar-refractivity contribution in [2.45, 2.75) is 32.6 Å². The average Bonchev–Trinajstić information content (AvgIpc) is 2.68. The lowest BCUT2D eigenvalue weighted by Crippen LogP contribution is -2.24. The van der Waals surface area contributed by atoms with Crippen LogP contribution in [0.2, 0.25) is 0 Å². The quantitative estimate of drug-likeness (QED) is 0.808. The SMILES string of the molecule is CC(C)CNC[C@H]1C[C@]1(C)c1cccs1. The molecule has 1 heterocycles. The van der Waals surface area contributed by atoms with Gasteiger partial charge in [-0.25, -0.2) is 0 Å². The van der Waals surface area contributed by atoms with Crippen LogP contribution < -0.4 is 5.32 Å². The van der Waals surface area contributed by atoms with Gasteiger partial charge in [0.25, 0.3) is 0 Å². The maximum atomic E-state index is 3.57. The van der Waals surface area contributed by atoms with E-state index in [-0.39, 0.29) is 0 Å². The second-order valence-electron chi connectivity index (χ2n) is 5.35. The van der Waals surface area contributed by atoms with Crippen LogP contribution in [0.1, 0.15) is 32.1 Å². The maximum absolute atomic E-state index is 3.57. The van der Waals surface area contributed by atoms with Crippen molar-refractivity contribution in [2.24, 2.45) is 11.8 Å². The molecule has 0 saturated heterocycles. The molecule has 1 aromatic heterocycles. The molecule has 1 aliphatic carbocycles. The largest absolute Gasteiger partial charge is 0.316 e. The van der Waals surface area contributed by atoms with Gasteiger partial charge in [-0.3, -0.25) is 0 Å². The summed E-state index contributed by atoms with van der Waals surface area (Å²) in [6.07, 6.45) is 1.36. The first-order chi connectivity index (χ1) is 7.13. The Bertz CT molecular complexity index is 304. The van der Waals surface area contributed by atoms with Crippen molar-refractivity contribution in [3.05, 3.63) is 22.4 Å². The van der Waals surface area contributed by atoms with Crippen molar-refractivity contribution in [2.75, 3.05) is 13.1 Å². The summed E-state index contributed by atoms with van der Waals surface area (Å²) in [6.45, 7) is 9.26. The van der Waals surface area contributed by atoms with Crippen molar-refractivity contribution < 1.29 is 0 Å². The number of rotatable bonds is 5. The third kappa shape index (κ3) is 2.43. The van der Waals surface area contributed by atoms with Crippen LogP contribution in [0.5, 0.6) is 0 Å². The second-order valence-corrected chi connectivity index (χ2v) is 6.30. The lowest BCUT2D eigenvalue weighted by molar-refractivity contribution is 0.517. The van der Waals surface area contributed by atoms with Crippen LogP contribution in [0.4, 0.5) is 0 Å². The van der Waals surface area contributed by atoms with Crippen molar-refractivity contribution in [3.8, 4) is 0 Å². The lowest BCUT2D eigenvalue weighted by Gasteiger charge is -2.10. The van der Waals surface area contributed by atoms with Crippen LogP contribution in [0.3, 0.4) is 0 Å². The molecule has 1 nitrogen and oxygen atoms in total. The van der Waals surface area contributed by atoms with E-state index in [9.17, 15) is 0 Å². The third-order valence-corrected chi connectivity index (χ3v) is 4.59. The monoisotopic (exact) mass is 223 g/mol. The van der Waals surface area contributed by atoms with Crippen molar-refractivity contribution >= 4 is 11.3 Å². The highest BCUT2D eigenvalue weighted by atomic mass is 32.1. The molecule has 2 atom stereocenters. The Labute approximate surface area is 96.9 Å². The molecule has 0 bridgehead atoms. The Morgan fingerprint density at radius 3 is 3.00 bits per heavy atom. The summed E-state index contributed by atoms with van der Waals surface area (Å²) >= 11 is 1.91. The Morgan fingerprint density at radius 1 is 1.60 bits per heavy atom. The summed E-state index contributed by atoms with van der Waals surface area (Å²) in [5.41, 5.74) is 0.484. The second kappa shape index (κ2) is 4.26. The highest BCUT2D eigenvalue weighted by molar-refractivity contribution is 7.10. The zero-order chi connectivity index (χ0) is 10.9. The van der Waals surface area contributed by atoms with E-state index in [1.807, 2.05) is 11.3 Å². The van der Waals surface area contributed by atoms with Crippen molar-refractivity contribution in [1.82, 2.24) is 5.32 Å². The van der Waals surface area contributed by atoms with Crippen LogP contribution in [0.15, 0.2) is 17.5 Å². The normalized spacial score (nSPS) is 29.7. The zero-order valence-corrected chi connectivity index (χ0v) is 10.7. The molecule has 1 saturated carbocycles. The predicted molar refractivity (Wildman–Crippen MR) is 67.5 cm³/mol. The van der Waals surface area contributed by atoms with Gasteiger partial charge in [0.05, 0.1) is 0 Å². The Kier molecular flexibility index (Phi) is 3.17. The minimum atomic E-state index is 0.484. The molecular formula is C13H21NS. The summed E-state index contributed by atoms with van der Waals surface area (Å²) in [6, 6.07) is 4.45. The molecule has 0 radical (unpaired) electrons. The highest BCUT2D eigenvalue weighted by Crippen LogP contribution is 2.54. The molecule has 1 fully saturated rings. The molecule has 0 amide bonds. The fourth-order valence-electron chi connectivity index (χ4n) is 2.20. The standard InChI is InChI=1S/C13H21NS/c1-10(2)8-14-9-11-7-13(11,3)12-5-4-6-15-12/h4-6,10-11,14H,7-9H2,1-3H3/t11-,13+/m1/s1.